The van der Waals surface area contributed by atoms with Crippen molar-refractivity contribution in [2.45, 2.75) is 77.6 Å². The molecule has 3 heteroatoms. The minimum absolute atomic E-state index is 0.0620. The number of aliphatic imine (C=N–C) groups is 1. The van der Waals surface area contributed by atoms with E-state index in [1.807, 2.05) is 0 Å². The molecule has 0 heterocycles. The molecule has 1 amide bonds. The molecule has 0 aromatic heterocycles. The number of nitrogens with one attached hydrogen (secondary N) is 1. The Bertz CT molecular complexity index is 561. The summed E-state index contributed by atoms with van der Waals surface area (Å²) in [5.74, 6) is 1.31. The first kappa shape index (κ1) is 21.7. The van der Waals surface area contributed by atoms with E-state index < -0.39 is 0 Å². The molecule has 0 radical (unpaired) electrons. The van der Waals surface area contributed by atoms with Crippen LogP contribution in [0.5, 0.6) is 0 Å². The quantitative estimate of drug-likeness (QED) is 0.378. The topological polar surface area (TPSA) is 41.5 Å². The summed E-state index contributed by atoms with van der Waals surface area (Å²) in [4.78, 5) is 16.8. The summed E-state index contributed by atoms with van der Waals surface area (Å²) in [5, 5.41) is 3.13. The average Bonchev–Trinajstić information content (AvgIpc) is 3.22. The third-order valence-electron chi connectivity index (χ3n) is 6.04. The molecule has 0 aliphatic heterocycles. The molecule has 0 bridgehead atoms. The van der Waals surface area contributed by atoms with E-state index in [1.54, 1.807) is 7.05 Å². The highest BCUT2D eigenvalue weighted by Crippen LogP contribution is 2.24. The first-order chi connectivity index (χ1) is 13.2. The van der Waals surface area contributed by atoms with Crippen molar-refractivity contribution in [1.29, 1.82) is 0 Å². The first-order valence-corrected chi connectivity index (χ1v) is 11.0. The molecule has 2 rings (SSSR count). The van der Waals surface area contributed by atoms with Crippen LogP contribution in [-0.2, 0) is 11.2 Å². The molecule has 1 N–H and O–H groups in total. The number of hydrogen-bond donors (Lipinski definition) is 1. The lowest BCUT2D eigenvalue weighted by molar-refractivity contribution is -0.115. The Kier molecular flexibility index (Phi) is 10.2. The number of rotatable bonds is 12. The fraction of sp³-hybridized carbons (Fsp3) is 0.667. The first-order valence-electron chi connectivity index (χ1n) is 11.0. The molecule has 1 aliphatic carbocycles. The smallest absolute Gasteiger partial charge is 0.265 e. The van der Waals surface area contributed by atoms with Gasteiger partial charge in [-0.1, -0.05) is 75.8 Å². The summed E-state index contributed by atoms with van der Waals surface area (Å²) >= 11 is 0. The van der Waals surface area contributed by atoms with Gasteiger partial charge in [0.2, 0.25) is 0 Å². The molecule has 1 aliphatic rings. The van der Waals surface area contributed by atoms with Crippen molar-refractivity contribution in [2.75, 3.05) is 13.6 Å². The largest absolute Gasteiger partial charge is 0.351 e. The van der Waals surface area contributed by atoms with Crippen molar-refractivity contribution in [3.8, 4) is 0 Å². The maximum atomic E-state index is 12.5. The second kappa shape index (κ2) is 12.7. The summed E-state index contributed by atoms with van der Waals surface area (Å²) in [6, 6.07) is 10.7. The number of unbranched alkanes of at least 4 members (excludes halogenated alkanes) is 2. The average molecular weight is 371 g/mol. The number of amides is 1. The molecule has 27 heavy (non-hydrogen) atoms. The predicted molar refractivity (Wildman–Crippen MR) is 115 cm³/mol. The SMILES string of the molecule is CCC(CCCCCc1ccccc1)C/C(=N\C)C(=O)NCC1CCCC1. The third-order valence-corrected chi connectivity index (χ3v) is 6.04. The zero-order valence-electron chi connectivity index (χ0n) is 17.4. The summed E-state index contributed by atoms with van der Waals surface area (Å²) in [7, 11) is 1.76. The van der Waals surface area contributed by atoms with Crippen LogP contribution in [0.1, 0.15) is 76.7 Å². The summed E-state index contributed by atoms with van der Waals surface area (Å²) < 4.78 is 0. The van der Waals surface area contributed by atoms with Gasteiger partial charge in [-0.25, -0.2) is 0 Å². The van der Waals surface area contributed by atoms with Crippen LogP contribution in [-0.4, -0.2) is 25.2 Å². The van der Waals surface area contributed by atoms with Crippen LogP contribution in [0, 0.1) is 11.8 Å². The lowest BCUT2D eigenvalue weighted by Gasteiger charge is -2.17. The van der Waals surface area contributed by atoms with Gasteiger partial charge in [-0.15, -0.1) is 0 Å². The van der Waals surface area contributed by atoms with E-state index in [0.29, 0.717) is 11.8 Å². The Morgan fingerprint density at radius 3 is 2.56 bits per heavy atom. The highest BCUT2D eigenvalue weighted by molar-refractivity contribution is 6.38. The highest BCUT2D eigenvalue weighted by Gasteiger charge is 2.19. The lowest BCUT2D eigenvalue weighted by Crippen LogP contribution is -2.35. The number of aryl methyl sites for hydroxylation is 1. The van der Waals surface area contributed by atoms with Crippen molar-refractivity contribution in [2.24, 2.45) is 16.8 Å². The van der Waals surface area contributed by atoms with Crippen LogP contribution in [0.2, 0.25) is 0 Å². The van der Waals surface area contributed by atoms with Gasteiger partial charge < -0.3 is 5.32 Å². The number of carbonyl (C=O) groups is 1. The number of benzene rings is 1. The van der Waals surface area contributed by atoms with Gasteiger partial charge in [0, 0.05) is 13.6 Å². The third kappa shape index (κ3) is 8.28. The molecule has 1 aromatic carbocycles. The van der Waals surface area contributed by atoms with E-state index in [1.165, 1.54) is 63.4 Å². The number of carbonyl (C=O) groups excluding carboxylic acids is 1. The normalized spacial score (nSPS) is 16.4. The van der Waals surface area contributed by atoms with Crippen LogP contribution in [0.3, 0.4) is 0 Å². The summed E-state index contributed by atoms with van der Waals surface area (Å²) in [5.41, 5.74) is 2.17. The maximum Gasteiger partial charge on any atom is 0.265 e. The Morgan fingerprint density at radius 1 is 1.15 bits per heavy atom. The van der Waals surface area contributed by atoms with Crippen molar-refractivity contribution < 1.29 is 4.79 Å². The van der Waals surface area contributed by atoms with Gasteiger partial charge in [0.1, 0.15) is 0 Å². The van der Waals surface area contributed by atoms with Crippen LogP contribution in [0.25, 0.3) is 0 Å². The van der Waals surface area contributed by atoms with Crippen molar-refractivity contribution in [3.05, 3.63) is 35.9 Å². The van der Waals surface area contributed by atoms with Crippen LogP contribution >= 0.6 is 0 Å². The standard InChI is InChI=1S/C24H38N2O/c1-3-20(12-6-4-7-13-21-14-8-5-9-15-21)18-23(25-2)24(27)26-19-22-16-10-11-17-22/h5,8-9,14-15,20,22H,3-4,6-7,10-13,16-19H2,1-2H3,(H,26,27)/b25-23+. The van der Waals surface area contributed by atoms with E-state index in [2.05, 4.69) is 47.6 Å². The minimum atomic E-state index is 0.0620. The zero-order chi connectivity index (χ0) is 19.3. The number of nitrogens with zero attached hydrogens (tertiary/aromatic N) is 1. The Labute approximate surface area is 166 Å². The van der Waals surface area contributed by atoms with Gasteiger partial charge in [0.15, 0.2) is 0 Å². The molecule has 1 fully saturated rings. The molecule has 150 valence electrons. The Balaban J connectivity index is 1.64. The molecular weight excluding hydrogens is 332 g/mol. The minimum Gasteiger partial charge on any atom is -0.351 e. The van der Waals surface area contributed by atoms with Gasteiger partial charge in [0.05, 0.1) is 5.71 Å². The van der Waals surface area contributed by atoms with Gasteiger partial charge in [0.25, 0.3) is 5.91 Å². The lowest BCUT2D eigenvalue weighted by atomic mass is 9.92. The molecule has 3 nitrogen and oxygen atoms in total. The van der Waals surface area contributed by atoms with Crippen molar-refractivity contribution in [1.82, 2.24) is 5.32 Å². The molecule has 1 saturated carbocycles. The molecule has 1 unspecified atom stereocenters. The second-order valence-electron chi connectivity index (χ2n) is 8.09. The number of hydrogen-bond acceptors (Lipinski definition) is 2. The summed E-state index contributed by atoms with van der Waals surface area (Å²) in [6.07, 6.45) is 13.2. The molecule has 1 atom stereocenters. The van der Waals surface area contributed by atoms with E-state index in [-0.39, 0.29) is 5.91 Å². The van der Waals surface area contributed by atoms with Gasteiger partial charge in [-0.05, 0) is 49.5 Å². The van der Waals surface area contributed by atoms with Crippen molar-refractivity contribution in [3.63, 3.8) is 0 Å². The van der Waals surface area contributed by atoms with E-state index in [4.69, 9.17) is 0 Å². The predicted octanol–water partition coefficient (Wildman–Crippen LogP) is 5.58. The fourth-order valence-electron chi connectivity index (χ4n) is 4.15. The fourth-order valence-corrected chi connectivity index (χ4v) is 4.15. The van der Waals surface area contributed by atoms with Gasteiger partial charge in [-0.2, -0.15) is 0 Å². The van der Waals surface area contributed by atoms with Crippen LogP contribution in [0.4, 0.5) is 0 Å². The Morgan fingerprint density at radius 2 is 1.89 bits per heavy atom. The van der Waals surface area contributed by atoms with E-state index >= 15 is 0 Å². The van der Waals surface area contributed by atoms with Crippen LogP contribution in [0.15, 0.2) is 35.3 Å². The van der Waals surface area contributed by atoms with Crippen molar-refractivity contribution >= 4 is 11.6 Å². The molecule has 1 aromatic rings. The van der Waals surface area contributed by atoms with Gasteiger partial charge in [-0.3, -0.25) is 9.79 Å². The molecular formula is C24H38N2O. The van der Waals surface area contributed by atoms with E-state index in [0.717, 1.165) is 25.1 Å². The summed E-state index contributed by atoms with van der Waals surface area (Å²) in [6.45, 7) is 3.06. The Hall–Kier alpha value is -1.64. The molecule has 0 spiro atoms. The monoisotopic (exact) mass is 370 g/mol. The maximum absolute atomic E-state index is 12.5. The van der Waals surface area contributed by atoms with E-state index in [9.17, 15) is 4.79 Å². The van der Waals surface area contributed by atoms with Crippen LogP contribution < -0.4 is 5.32 Å². The van der Waals surface area contributed by atoms with Gasteiger partial charge >= 0.3 is 0 Å². The highest BCUT2D eigenvalue weighted by atomic mass is 16.1. The zero-order valence-corrected chi connectivity index (χ0v) is 17.4. The second-order valence-corrected chi connectivity index (χ2v) is 8.09. The molecule has 0 saturated heterocycles.